The molecule has 1 aliphatic heterocycles. The molecule has 0 radical (unpaired) electrons. The van der Waals surface area contributed by atoms with Gasteiger partial charge < -0.3 is 15.6 Å². The number of nitrogens with zero attached hydrogens (tertiary/aromatic N) is 1. The predicted octanol–water partition coefficient (Wildman–Crippen LogP) is 1.48. The number of carboxylic acids is 1. The van der Waals surface area contributed by atoms with Crippen LogP contribution in [0.3, 0.4) is 0 Å². The molecule has 2 aromatic carbocycles. The van der Waals surface area contributed by atoms with E-state index in [0.717, 1.165) is 15.4 Å². The Morgan fingerprint density at radius 3 is 2.48 bits per heavy atom. The van der Waals surface area contributed by atoms with Crippen molar-refractivity contribution < 1.29 is 23.1 Å². The molecule has 1 atom stereocenters. The van der Waals surface area contributed by atoms with E-state index in [-0.39, 0.29) is 17.9 Å². The SMILES string of the molecule is COc1ccc(S(=O)(=O)N2Cc3cc(N)ccc3C[C@@H]2C(=O)O)cc1. The maximum Gasteiger partial charge on any atom is 0.322 e. The van der Waals surface area contributed by atoms with Gasteiger partial charge in [0.25, 0.3) is 0 Å². The lowest BCUT2D eigenvalue weighted by atomic mass is 9.95. The average Bonchev–Trinajstić information content (AvgIpc) is 2.60. The summed E-state index contributed by atoms with van der Waals surface area (Å²) in [5.41, 5.74) is 7.80. The molecule has 0 aliphatic carbocycles. The number of carbonyl (C=O) groups is 1. The first-order valence-corrected chi connectivity index (χ1v) is 9.03. The highest BCUT2D eigenvalue weighted by Gasteiger charge is 2.39. The molecule has 0 saturated carbocycles. The Morgan fingerprint density at radius 1 is 1.20 bits per heavy atom. The van der Waals surface area contributed by atoms with Crippen LogP contribution in [0.1, 0.15) is 11.1 Å². The monoisotopic (exact) mass is 362 g/mol. The first kappa shape index (κ1) is 17.2. The molecular formula is C17H18N2O5S. The molecule has 3 N–H and O–H groups in total. The molecule has 3 rings (SSSR count). The average molecular weight is 362 g/mol. The molecule has 7 nitrogen and oxygen atoms in total. The smallest absolute Gasteiger partial charge is 0.322 e. The molecule has 0 aromatic heterocycles. The number of sulfonamides is 1. The topological polar surface area (TPSA) is 110 Å². The van der Waals surface area contributed by atoms with Gasteiger partial charge in [0.1, 0.15) is 11.8 Å². The van der Waals surface area contributed by atoms with Gasteiger partial charge in [-0.2, -0.15) is 4.31 Å². The fourth-order valence-electron chi connectivity index (χ4n) is 2.93. The van der Waals surface area contributed by atoms with Crippen LogP contribution < -0.4 is 10.5 Å². The van der Waals surface area contributed by atoms with Crippen molar-refractivity contribution in [3.05, 3.63) is 53.6 Å². The van der Waals surface area contributed by atoms with Gasteiger partial charge in [0.15, 0.2) is 0 Å². The quantitative estimate of drug-likeness (QED) is 0.797. The van der Waals surface area contributed by atoms with E-state index in [9.17, 15) is 18.3 Å². The second-order valence-corrected chi connectivity index (χ2v) is 7.70. The van der Waals surface area contributed by atoms with E-state index in [4.69, 9.17) is 10.5 Å². The van der Waals surface area contributed by atoms with Gasteiger partial charge in [-0.25, -0.2) is 8.42 Å². The summed E-state index contributed by atoms with van der Waals surface area (Å²) in [5.74, 6) is -0.662. The molecule has 0 amide bonds. The van der Waals surface area contributed by atoms with Gasteiger partial charge in [0.05, 0.1) is 12.0 Å². The van der Waals surface area contributed by atoms with Gasteiger partial charge in [-0.15, -0.1) is 0 Å². The summed E-state index contributed by atoms with van der Waals surface area (Å²) in [6.45, 7) is -0.0360. The number of rotatable bonds is 4. The number of carboxylic acid groups (broad SMARTS) is 1. The molecule has 0 saturated heterocycles. The zero-order valence-electron chi connectivity index (χ0n) is 13.5. The fraction of sp³-hybridized carbons (Fsp3) is 0.235. The Hall–Kier alpha value is -2.58. The van der Waals surface area contributed by atoms with Gasteiger partial charge in [0.2, 0.25) is 10.0 Å². The molecule has 8 heteroatoms. The highest BCUT2D eigenvalue weighted by Crippen LogP contribution is 2.30. The summed E-state index contributed by atoms with van der Waals surface area (Å²) in [5, 5.41) is 9.53. The molecule has 0 spiro atoms. The molecule has 0 fully saturated rings. The summed E-state index contributed by atoms with van der Waals surface area (Å²) >= 11 is 0. The van der Waals surface area contributed by atoms with Crippen molar-refractivity contribution in [2.45, 2.75) is 23.9 Å². The van der Waals surface area contributed by atoms with Crippen molar-refractivity contribution >= 4 is 21.7 Å². The number of hydrogen-bond acceptors (Lipinski definition) is 5. The third kappa shape index (κ3) is 3.18. The van der Waals surface area contributed by atoms with Crippen LogP contribution in [-0.4, -0.2) is 37.0 Å². The lowest BCUT2D eigenvalue weighted by Gasteiger charge is -2.33. The Morgan fingerprint density at radius 2 is 1.88 bits per heavy atom. The number of ether oxygens (including phenoxy) is 1. The van der Waals surface area contributed by atoms with Crippen LogP contribution in [0.15, 0.2) is 47.4 Å². The van der Waals surface area contributed by atoms with E-state index >= 15 is 0 Å². The molecule has 0 bridgehead atoms. The van der Waals surface area contributed by atoms with Crippen LogP contribution in [0.5, 0.6) is 5.75 Å². The van der Waals surface area contributed by atoms with E-state index in [0.29, 0.717) is 11.4 Å². The zero-order valence-corrected chi connectivity index (χ0v) is 14.4. The third-order valence-electron chi connectivity index (χ3n) is 4.27. The number of fused-ring (bicyclic) bond motifs is 1. The van der Waals surface area contributed by atoms with Gasteiger partial charge in [-0.3, -0.25) is 4.79 Å². The lowest BCUT2D eigenvalue weighted by Crippen LogP contribution is -2.48. The number of methoxy groups -OCH3 is 1. The van der Waals surface area contributed by atoms with Crippen LogP contribution in [0.2, 0.25) is 0 Å². The second-order valence-electron chi connectivity index (χ2n) is 5.81. The van der Waals surface area contributed by atoms with E-state index in [1.807, 2.05) is 0 Å². The van der Waals surface area contributed by atoms with E-state index < -0.39 is 22.0 Å². The first-order chi connectivity index (χ1) is 11.8. The standard InChI is InChI=1S/C17H18N2O5S/c1-24-14-4-6-15(7-5-14)25(22,23)19-10-12-8-13(18)3-2-11(12)9-16(19)17(20)21/h2-8,16H,9-10,18H2,1H3,(H,20,21)/t16-/m1/s1. The van der Waals surface area contributed by atoms with Gasteiger partial charge in [-0.05, 0) is 47.5 Å². The minimum atomic E-state index is -3.98. The van der Waals surface area contributed by atoms with Crippen LogP contribution in [-0.2, 0) is 27.8 Å². The summed E-state index contributed by atoms with van der Waals surface area (Å²) in [7, 11) is -2.50. The number of nitrogens with two attached hydrogens (primary N) is 1. The van der Waals surface area contributed by atoms with Crippen molar-refractivity contribution in [3.8, 4) is 5.75 Å². The van der Waals surface area contributed by atoms with Gasteiger partial charge >= 0.3 is 5.97 Å². The van der Waals surface area contributed by atoms with Crippen molar-refractivity contribution in [3.63, 3.8) is 0 Å². The zero-order chi connectivity index (χ0) is 18.2. The maximum absolute atomic E-state index is 13.0. The molecule has 2 aromatic rings. The Labute approximate surface area is 145 Å². The van der Waals surface area contributed by atoms with Crippen LogP contribution >= 0.6 is 0 Å². The lowest BCUT2D eigenvalue weighted by molar-refractivity contribution is -0.141. The summed E-state index contributed by atoms with van der Waals surface area (Å²) in [6.07, 6.45) is 0.0976. The number of benzene rings is 2. The maximum atomic E-state index is 13.0. The van der Waals surface area contributed by atoms with Crippen LogP contribution in [0, 0.1) is 0 Å². The Bertz CT molecular complexity index is 909. The van der Waals surface area contributed by atoms with Gasteiger partial charge in [0, 0.05) is 18.7 Å². The molecular weight excluding hydrogens is 344 g/mol. The van der Waals surface area contributed by atoms with E-state index in [2.05, 4.69) is 0 Å². The number of nitrogen functional groups attached to an aromatic ring is 1. The number of anilines is 1. The molecule has 132 valence electrons. The van der Waals surface area contributed by atoms with E-state index in [1.165, 1.54) is 31.4 Å². The van der Waals surface area contributed by atoms with Crippen LogP contribution in [0.4, 0.5) is 5.69 Å². The van der Waals surface area contributed by atoms with Crippen molar-refractivity contribution in [2.75, 3.05) is 12.8 Å². The largest absolute Gasteiger partial charge is 0.497 e. The summed E-state index contributed by atoms with van der Waals surface area (Å²) < 4.78 is 32.0. The Kier molecular flexibility index (Phi) is 4.40. The number of aliphatic carboxylic acids is 1. The predicted molar refractivity (Wildman–Crippen MR) is 91.7 cm³/mol. The van der Waals surface area contributed by atoms with Crippen molar-refractivity contribution in [2.24, 2.45) is 0 Å². The van der Waals surface area contributed by atoms with E-state index in [1.54, 1.807) is 18.2 Å². The Balaban J connectivity index is 2.04. The molecule has 25 heavy (non-hydrogen) atoms. The van der Waals surface area contributed by atoms with Crippen LogP contribution in [0.25, 0.3) is 0 Å². The third-order valence-corrected chi connectivity index (χ3v) is 6.14. The second kappa shape index (κ2) is 6.38. The van der Waals surface area contributed by atoms with Crippen molar-refractivity contribution in [1.29, 1.82) is 0 Å². The summed E-state index contributed by atoms with van der Waals surface area (Å²) in [4.78, 5) is 11.7. The fourth-order valence-corrected chi connectivity index (χ4v) is 4.49. The van der Waals surface area contributed by atoms with Gasteiger partial charge in [-0.1, -0.05) is 6.07 Å². The first-order valence-electron chi connectivity index (χ1n) is 7.59. The highest BCUT2D eigenvalue weighted by molar-refractivity contribution is 7.89. The number of hydrogen-bond donors (Lipinski definition) is 2. The summed E-state index contributed by atoms with van der Waals surface area (Å²) in [6, 6.07) is 9.82. The minimum Gasteiger partial charge on any atom is -0.497 e. The molecule has 1 aliphatic rings. The molecule has 1 heterocycles. The molecule has 0 unspecified atom stereocenters. The minimum absolute atomic E-state index is 0.0203. The highest BCUT2D eigenvalue weighted by atomic mass is 32.2. The van der Waals surface area contributed by atoms with Crippen molar-refractivity contribution in [1.82, 2.24) is 4.31 Å². The normalized spacial score (nSPS) is 17.7.